The second-order valence-corrected chi connectivity index (χ2v) is 7.46. The zero-order valence-electron chi connectivity index (χ0n) is 16.8. The molecule has 3 aromatic heterocycles. The Morgan fingerprint density at radius 2 is 2.00 bits per heavy atom. The summed E-state index contributed by atoms with van der Waals surface area (Å²) in [5.41, 5.74) is 3.38. The first-order valence-corrected chi connectivity index (χ1v) is 10.3. The normalized spacial score (nSPS) is 18.9. The van der Waals surface area contributed by atoms with E-state index in [9.17, 15) is 0 Å². The second-order valence-electron chi connectivity index (χ2n) is 7.46. The topological polar surface area (TPSA) is 88.1 Å². The van der Waals surface area contributed by atoms with Crippen LogP contribution in [0.15, 0.2) is 36.8 Å². The Balaban J connectivity index is 0.00000218. The first kappa shape index (κ1) is 20.8. The van der Waals surface area contributed by atoms with E-state index in [1.165, 1.54) is 12.8 Å². The monoisotopic (exact) mass is 425 g/mol. The fourth-order valence-corrected chi connectivity index (χ4v) is 3.88. The summed E-state index contributed by atoms with van der Waals surface area (Å²) in [6.07, 6.45) is 7.89. The van der Waals surface area contributed by atoms with Gasteiger partial charge in [0.05, 0.1) is 23.9 Å². The number of hydrogen-bond acceptors (Lipinski definition) is 8. The molecule has 5 heterocycles. The van der Waals surface area contributed by atoms with Crippen molar-refractivity contribution in [3.63, 3.8) is 0 Å². The van der Waals surface area contributed by atoms with E-state index in [2.05, 4.69) is 42.6 Å². The molecule has 2 aliphatic rings. The van der Waals surface area contributed by atoms with Crippen LogP contribution in [-0.4, -0.2) is 65.4 Å². The summed E-state index contributed by atoms with van der Waals surface area (Å²) in [5, 5.41) is 6.76. The van der Waals surface area contributed by atoms with Crippen LogP contribution in [0.4, 0.5) is 11.6 Å². The molecule has 8 nitrogen and oxygen atoms in total. The van der Waals surface area contributed by atoms with Gasteiger partial charge in [0.2, 0.25) is 0 Å². The highest BCUT2D eigenvalue weighted by molar-refractivity contribution is 7.59. The van der Waals surface area contributed by atoms with Gasteiger partial charge in [-0.05, 0) is 31.0 Å². The molecule has 0 aromatic carbocycles. The Bertz CT molecular complexity index is 973. The SMILES string of the molecule is S.c1cnc2c(NC[C@@H]3CNCCO3)nc(-c3ccc(N4CCCC4)nc3)cc2n1. The molecule has 2 saturated heterocycles. The zero-order valence-corrected chi connectivity index (χ0v) is 17.8. The molecule has 9 heteroatoms. The highest BCUT2D eigenvalue weighted by atomic mass is 32.1. The molecule has 0 unspecified atom stereocenters. The first-order chi connectivity index (χ1) is 14.4. The Morgan fingerprint density at radius 3 is 2.77 bits per heavy atom. The van der Waals surface area contributed by atoms with Crippen LogP contribution in [0.3, 0.4) is 0 Å². The van der Waals surface area contributed by atoms with Crippen LogP contribution in [0, 0.1) is 0 Å². The molecule has 0 amide bonds. The van der Waals surface area contributed by atoms with Crippen LogP contribution in [0.1, 0.15) is 12.8 Å². The van der Waals surface area contributed by atoms with Gasteiger partial charge >= 0.3 is 0 Å². The van der Waals surface area contributed by atoms with E-state index in [1.54, 1.807) is 12.4 Å². The quantitative estimate of drug-likeness (QED) is 0.643. The summed E-state index contributed by atoms with van der Waals surface area (Å²) in [5.74, 6) is 1.76. The third-order valence-electron chi connectivity index (χ3n) is 5.43. The average molecular weight is 426 g/mol. The summed E-state index contributed by atoms with van der Waals surface area (Å²) < 4.78 is 5.79. The van der Waals surface area contributed by atoms with Gasteiger partial charge in [0.1, 0.15) is 11.3 Å². The predicted molar refractivity (Wildman–Crippen MR) is 123 cm³/mol. The Hall–Kier alpha value is -2.49. The lowest BCUT2D eigenvalue weighted by molar-refractivity contribution is 0.0372. The second kappa shape index (κ2) is 9.55. The smallest absolute Gasteiger partial charge is 0.154 e. The van der Waals surface area contributed by atoms with Gasteiger partial charge in [0, 0.05) is 56.9 Å². The third kappa shape index (κ3) is 4.48. The van der Waals surface area contributed by atoms with Crippen LogP contribution in [-0.2, 0) is 4.74 Å². The van der Waals surface area contributed by atoms with Crippen molar-refractivity contribution in [3.8, 4) is 11.3 Å². The number of aromatic nitrogens is 4. The fourth-order valence-electron chi connectivity index (χ4n) is 3.88. The Labute approximate surface area is 182 Å². The lowest BCUT2D eigenvalue weighted by atomic mass is 10.1. The van der Waals surface area contributed by atoms with Crippen LogP contribution in [0.2, 0.25) is 0 Å². The minimum Gasteiger partial charge on any atom is -0.374 e. The summed E-state index contributed by atoms with van der Waals surface area (Å²) in [6.45, 7) is 5.30. The van der Waals surface area contributed by atoms with Gasteiger partial charge in [-0.1, -0.05) is 0 Å². The van der Waals surface area contributed by atoms with Gasteiger partial charge in [-0.15, -0.1) is 0 Å². The first-order valence-electron chi connectivity index (χ1n) is 10.3. The number of ether oxygens (including phenoxy) is 1. The fraction of sp³-hybridized carbons (Fsp3) is 0.429. The number of morpholine rings is 1. The minimum absolute atomic E-state index is 0. The van der Waals surface area contributed by atoms with E-state index in [4.69, 9.17) is 9.72 Å². The molecule has 158 valence electrons. The van der Waals surface area contributed by atoms with Crippen LogP contribution < -0.4 is 15.5 Å². The number of fused-ring (bicyclic) bond motifs is 1. The molecule has 0 bridgehead atoms. The van der Waals surface area contributed by atoms with Gasteiger partial charge in [0.25, 0.3) is 0 Å². The van der Waals surface area contributed by atoms with Crippen molar-refractivity contribution >= 4 is 36.2 Å². The maximum Gasteiger partial charge on any atom is 0.154 e. The van der Waals surface area contributed by atoms with Crippen molar-refractivity contribution in [2.24, 2.45) is 0 Å². The highest BCUT2D eigenvalue weighted by Gasteiger charge is 2.17. The molecular formula is C21H27N7OS. The molecule has 1 atom stereocenters. The maximum atomic E-state index is 5.79. The Morgan fingerprint density at radius 1 is 1.13 bits per heavy atom. The van der Waals surface area contributed by atoms with Gasteiger partial charge in [-0.2, -0.15) is 13.5 Å². The predicted octanol–water partition coefficient (Wildman–Crippen LogP) is 2.20. The summed E-state index contributed by atoms with van der Waals surface area (Å²) in [6, 6.07) is 6.14. The number of rotatable bonds is 5. The summed E-state index contributed by atoms with van der Waals surface area (Å²) in [4.78, 5) is 20.8. The van der Waals surface area contributed by atoms with E-state index in [-0.39, 0.29) is 19.6 Å². The molecule has 0 saturated carbocycles. The number of pyridine rings is 2. The van der Waals surface area contributed by atoms with E-state index < -0.39 is 0 Å². The van der Waals surface area contributed by atoms with Crippen molar-refractivity contribution in [2.45, 2.75) is 18.9 Å². The Kier molecular flexibility index (Phi) is 6.61. The van der Waals surface area contributed by atoms with Gasteiger partial charge in [-0.3, -0.25) is 4.98 Å². The van der Waals surface area contributed by atoms with Crippen molar-refractivity contribution in [3.05, 3.63) is 36.8 Å². The maximum absolute atomic E-state index is 5.79. The zero-order chi connectivity index (χ0) is 19.5. The number of nitrogens with zero attached hydrogens (tertiary/aromatic N) is 5. The number of nitrogens with one attached hydrogen (secondary N) is 2. The number of anilines is 2. The standard InChI is InChI=1S/C21H25N7O.H2S/c1-2-9-28(8-1)19-4-3-15(12-25-19)17-11-18-20(24-6-5-23-18)21(27-17)26-14-16-13-22-7-10-29-16;/h3-6,11-12,16,22H,1-2,7-10,13-14H2,(H,26,27);1H2/t16-;/m0./s1. The lowest BCUT2D eigenvalue weighted by Crippen LogP contribution is -2.42. The molecular weight excluding hydrogens is 398 g/mol. The molecule has 30 heavy (non-hydrogen) atoms. The molecule has 2 N–H and O–H groups in total. The molecule has 2 aliphatic heterocycles. The molecule has 2 fully saturated rings. The summed E-state index contributed by atoms with van der Waals surface area (Å²) >= 11 is 0. The van der Waals surface area contributed by atoms with Crippen molar-refractivity contribution < 1.29 is 4.74 Å². The molecule has 0 aliphatic carbocycles. The van der Waals surface area contributed by atoms with Crippen LogP contribution in [0.25, 0.3) is 22.3 Å². The lowest BCUT2D eigenvalue weighted by Gasteiger charge is -2.24. The number of hydrogen-bond donors (Lipinski definition) is 2. The van der Waals surface area contributed by atoms with Crippen molar-refractivity contribution in [2.75, 3.05) is 49.5 Å². The van der Waals surface area contributed by atoms with Gasteiger partial charge < -0.3 is 20.3 Å². The third-order valence-corrected chi connectivity index (χ3v) is 5.43. The van der Waals surface area contributed by atoms with Gasteiger partial charge in [-0.25, -0.2) is 15.0 Å². The van der Waals surface area contributed by atoms with Crippen LogP contribution in [0.5, 0.6) is 0 Å². The largest absolute Gasteiger partial charge is 0.374 e. The molecule has 0 spiro atoms. The van der Waals surface area contributed by atoms with Crippen LogP contribution >= 0.6 is 13.5 Å². The van der Waals surface area contributed by atoms with Crippen molar-refractivity contribution in [1.82, 2.24) is 25.3 Å². The van der Waals surface area contributed by atoms with Crippen molar-refractivity contribution in [1.29, 1.82) is 0 Å². The highest BCUT2D eigenvalue weighted by Crippen LogP contribution is 2.27. The van der Waals surface area contributed by atoms with E-state index >= 15 is 0 Å². The van der Waals surface area contributed by atoms with E-state index in [0.717, 1.165) is 66.7 Å². The van der Waals surface area contributed by atoms with E-state index in [1.807, 2.05) is 12.3 Å². The van der Waals surface area contributed by atoms with Gasteiger partial charge in [0.15, 0.2) is 5.82 Å². The van der Waals surface area contributed by atoms with E-state index in [0.29, 0.717) is 6.54 Å². The molecule has 0 radical (unpaired) electrons. The average Bonchev–Trinajstić information content (AvgIpc) is 3.33. The minimum atomic E-state index is 0. The molecule has 5 rings (SSSR count). The molecule has 3 aromatic rings. The summed E-state index contributed by atoms with van der Waals surface area (Å²) in [7, 11) is 0.